The standard InChI is InChI=1S/C8H13NO10S/c1-3(11)6(13)8(9)7(14,18-20(15,16)19-8)5(12)4(2-10)17-6/h4-5,10,12-14H,2,9H2,1H3/t4-,5-,6?,7-,8-/m1/s1. The van der Waals surface area contributed by atoms with Gasteiger partial charge in [-0.05, 0) is 0 Å². The average molecular weight is 315 g/mol. The number of rotatable bonds is 2. The third-order valence-electron chi connectivity index (χ3n) is 3.23. The van der Waals surface area contributed by atoms with Gasteiger partial charge >= 0.3 is 10.4 Å². The molecular formula is C8H13NO10S. The molecule has 0 bridgehead atoms. The number of hydrogen-bond donors (Lipinski definition) is 5. The van der Waals surface area contributed by atoms with Crippen LogP contribution in [-0.2, 0) is 28.3 Å². The molecule has 0 aliphatic carbocycles. The number of aliphatic hydroxyl groups is 4. The van der Waals surface area contributed by atoms with Crippen LogP contribution in [-0.4, -0.2) is 70.7 Å². The van der Waals surface area contributed by atoms with Gasteiger partial charge in [-0.15, -0.1) is 0 Å². The molecule has 1 unspecified atom stereocenters. The number of Topliss-reactive ketones (excluding diaryl/α,β-unsaturated/α-hetero) is 1. The third-order valence-corrected chi connectivity index (χ3v) is 4.16. The molecule has 2 aliphatic heterocycles. The summed E-state index contributed by atoms with van der Waals surface area (Å²) in [4.78, 5) is 11.5. The van der Waals surface area contributed by atoms with E-state index in [0.29, 0.717) is 0 Å². The zero-order valence-corrected chi connectivity index (χ0v) is 10.9. The summed E-state index contributed by atoms with van der Waals surface area (Å²) in [5, 5.41) is 39.1. The van der Waals surface area contributed by atoms with Gasteiger partial charge in [0.15, 0.2) is 5.78 Å². The number of ether oxygens (including phenoxy) is 1. The van der Waals surface area contributed by atoms with Gasteiger partial charge in [0.1, 0.15) is 12.2 Å². The molecule has 0 amide bonds. The van der Waals surface area contributed by atoms with Gasteiger partial charge in [-0.1, -0.05) is 0 Å². The topological polar surface area (TPSA) is 186 Å². The smallest absolute Gasteiger partial charge is 0.394 e. The molecule has 0 saturated carbocycles. The molecule has 6 N–H and O–H groups in total. The average Bonchev–Trinajstić information content (AvgIpc) is 2.51. The Hall–Kier alpha value is -0.700. The van der Waals surface area contributed by atoms with Crippen LogP contribution in [0.1, 0.15) is 6.92 Å². The Morgan fingerprint density at radius 1 is 1.35 bits per heavy atom. The number of carbonyl (C=O) groups is 1. The molecule has 2 saturated heterocycles. The van der Waals surface area contributed by atoms with Crippen molar-refractivity contribution in [1.82, 2.24) is 0 Å². The van der Waals surface area contributed by atoms with E-state index in [-0.39, 0.29) is 0 Å². The van der Waals surface area contributed by atoms with Gasteiger partial charge in [-0.3, -0.25) is 10.5 Å². The molecule has 5 atom stereocenters. The molecule has 20 heavy (non-hydrogen) atoms. The lowest BCUT2D eigenvalue weighted by Gasteiger charge is -2.51. The summed E-state index contributed by atoms with van der Waals surface area (Å²) >= 11 is 0. The maximum atomic E-state index is 11.5. The first-order valence-corrected chi connectivity index (χ1v) is 6.64. The van der Waals surface area contributed by atoms with Crippen molar-refractivity contribution >= 4 is 16.2 Å². The maximum absolute atomic E-state index is 11.5. The molecule has 2 rings (SSSR count). The Labute approximate surface area is 112 Å². The quantitative estimate of drug-likeness (QED) is 0.331. The number of fused-ring (bicyclic) bond motifs is 1. The molecule has 0 aromatic heterocycles. The lowest BCUT2D eigenvalue weighted by Crippen LogP contribution is -2.83. The van der Waals surface area contributed by atoms with E-state index in [2.05, 4.69) is 8.37 Å². The fraction of sp³-hybridized carbons (Fsp3) is 0.875. The molecular weight excluding hydrogens is 302 g/mol. The molecule has 2 heterocycles. The van der Waals surface area contributed by atoms with Gasteiger partial charge in [0.25, 0.3) is 17.3 Å². The van der Waals surface area contributed by atoms with E-state index >= 15 is 0 Å². The highest BCUT2D eigenvalue weighted by Gasteiger charge is 2.81. The van der Waals surface area contributed by atoms with Crippen molar-refractivity contribution < 1.29 is 46.7 Å². The minimum Gasteiger partial charge on any atom is -0.394 e. The van der Waals surface area contributed by atoms with Crippen LogP contribution in [0.2, 0.25) is 0 Å². The van der Waals surface area contributed by atoms with Crippen molar-refractivity contribution in [1.29, 1.82) is 0 Å². The van der Waals surface area contributed by atoms with Gasteiger partial charge in [0.2, 0.25) is 0 Å². The summed E-state index contributed by atoms with van der Waals surface area (Å²) in [6.07, 6.45) is -3.96. The molecule has 11 nitrogen and oxygen atoms in total. The van der Waals surface area contributed by atoms with Crippen LogP contribution in [0.3, 0.4) is 0 Å². The summed E-state index contributed by atoms with van der Waals surface area (Å²) < 4.78 is 35.8. The van der Waals surface area contributed by atoms with Crippen molar-refractivity contribution in [3.05, 3.63) is 0 Å². The second-order valence-electron chi connectivity index (χ2n) is 4.49. The van der Waals surface area contributed by atoms with Crippen LogP contribution in [0.5, 0.6) is 0 Å². The predicted octanol–water partition coefficient (Wildman–Crippen LogP) is -4.35. The van der Waals surface area contributed by atoms with Crippen LogP contribution in [0.15, 0.2) is 0 Å². The molecule has 2 fully saturated rings. The number of aliphatic hydroxyl groups excluding tert-OH is 2. The van der Waals surface area contributed by atoms with Crippen LogP contribution < -0.4 is 5.73 Å². The first-order valence-electron chi connectivity index (χ1n) is 5.31. The van der Waals surface area contributed by atoms with E-state index < -0.39 is 52.3 Å². The fourth-order valence-electron chi connectivity index (χ4n) is 2.13. The van der Waals surface area contributed by atoms with E-state index in [1.165, 1.54) is 0 Å². The van der Waals surface area contributed by atoms with Crippen LogP contribution in [0.4, 0.5) is 0 Å². The Balaban J connectivity index is 2.67. The summed E-state index contributed by atoms with van der Waals surface area (Å²) in [5.74, 6) is -7.62. The summed E-state index contributed by atoms with van der Waals surface area (Å²) in [6, 6.07) is 0. The molecule has 2 aliphatic rings. The van der Waals surface area contributed by atoms with Gasteiger partial charge in [-0.2, -0.15) is 8.42 Å². The van der Waals surface area contributed by atoms with Crippen LogP contribution >= 0.6 is 0 Å². The fourth-order valence-corrected chi connectivity index (χ4v) is 3.25. The first-order chi connectivity index (χ1) is 8.93. The Morgan fingerprint density at radius 2 is 1.90 bits per heavy atom. The minimum absolute atomic E-state index is 0.773. The lowest BCUT2D eigenvalue weighted by atomic mass is 9.82. The molecule has 0 radical (unpaired) electrons. The van der Waals surface area contributed by atoms with Crippen molar-refractivity contribution in [2.45, 2.75) is 36.4 Å². The first kappa shape index (κ1) is 15.7. The largest absolute Gasteiger partial charge is 0.405 e. The summed E-state index contributed by atoms with van der Waals surface area (Å²) in [6.45, 7) is -0.200. The molecule has 12 heteroatoms. The normalized spacial score (nSPS) is 50.7. The van der Waals surface area contributed by atoms with Gasteiger partial charge in [0, 0.05) is 6.92 Å². The summed E-state index contributed by atoms with van der Waals surface area (Å²) in [7, 11) is -4.92. The van der Waals surface area contributed by atoms with Gasteiger partial charge < -0.3 is 25.2 Å². The van der Waals surface area contributed by atoms with Crippen molar-refractivity contribution in [3.63, 3.8) is 0 Å². The number of carbonyl (C=O) groups excluding carboxylic acids is 1. The lowest BCUT2D eigenvalue weighted by molar-refractivity contribution is -0.411. The Kier molecular flexibility index (Phi) is 3.26. The second kappa shape index (κ2) is 4.16. The summed E-state index contributed by atoms with van der Waals surface area (Å²) in [5.41, 5.74) is 2.30. The molecule has 0 aromatic carbocycles. The van der Waals surface area contributed by atoms with E-state index in [9.17, 15) is 28.5 Å². The molecule has 0 aromatic rings. The second-order valence-corrected chi connectivity index (χ2v) is 5.64. The monoisotopic (exact) mass is 315 g/mol. The third kappa shape index (κ3) is 1.68. The molecule has 116 valence electrons. The van der Waals surface area contributed by atoms with Crippen LogP contribution in [0.25, 0.3) is 0 Å². The Morgan fingerprint density at radius 3 is 2.35 bits per heavy atom. The number of nitrogens with two attached hydrogens (primary N) is 1. The Bertz CT molecular complexity index is 549. The predicted molar refractivity (Wildman–Crippen MR) is 56.6 cm³/mol. The van der Waals surface area contributed by atoms with Crippen LogP contribution in [0, 0.1) is 0 Å². The van der Waals surface area contributed by atoms with E-state index in [0.717, 1.165) is 6.92 Å². The van der Waals surface area contributed by atoms with E-state index in [1.807, 2.05) is 0 Å². The molecule has 0 spiro atoms. The zero-order valence-electron chi connectivity index (χ0n) is 10.1. The van der Waals surface area contributed by atoms with E-state index in [4.69, 9.17) is 15.6 Å². The highest BCUT2D eigenvalue weighted by atomic mass is 32.3. The van der Waals surface area contributed by atoms with Gasteiger partial charge in [-0.25, -0.2) is 8.37 Å². The maximum Gasteiger partial charge on any atom is 0.405 e. The SMILES string of the molecule is CC(=O)C1(O)O[C@H](CO)[C@@H](O)[C@@]2(O)OS(=O)(=O)O[C@]12N. The van der Waals surface area contributed by atoms with Crippen molar-refractivity contribution in [2.24, 2.45) is 5.73 Å². The number of hydrogen-bond acceptors (Lipinski definition) is 11. The van der Waals surface area contributed by atoms with Crippen molar-refractivity contribution in [3.8, 4) is 0 Å². The van der Waals surface area contributed by atoms with Gasteiger partial charge in [0.05, 0.1) is 6.61 Å². The van der Waals surface area contributed by atoms with E-state index in [1.54, 1.807) is 0 Å². The highest BCUT2D eigenvalue weighted by molar-refractivity contribution is 7.82. The van der Waals surface area contributed by atoms with Crippen molar-refractivity contribution in [2.75, 3.05) is 6.61 Å². The zero-order chi connectivity index (χ0) is 15.6. The number of ketones is 1. The highest BCUT2D eigenvalue weighted by Crippen LogP contribution is 2.49. The minimum atomic E-state index is -4.92.